The molecule has 0 aliphatic carbocycles. The monoisotopic (exact) mass is 393 g/mol. The van der Waals surface area contributed by atoms with Crippen molar-refractivity contribution in [1.82, 2.24) is 19.3 Å². The molecule has 2 aromatic heterocycles. The van der Waals surface area contributed by atoms with Gasteiger partial charge >= 0.3 is 0 Å². The number of rotatable bonds is 6. The first-order chi connectivity index (χ1) is 12.8. The molecule has 0 saturated carbocycles. The standard InChI is InChI=1S/C18H27N5O3S/c1-4-5-10-27(25,26)23-8-6-14(7-9-23)18(24)22-17-15-12(2)13(3)21-16(15)19-11-20-17/h11,14H,4-10H2,1-3H3,(H2,19,20,21,22,24). The normalized spacial score (nSPS) is 16.7. The summed E-state index contributed by atoms with van der Waals surface area (Å²) in [6.07, 6.45) is 3.99. The number of aromatic nitrogens is 3. The summed E-state index contributed by atoms with van der Waals surface area (Å²) in [4.78, 5) is 24.3. The Morgan fingerprint density at radius 3 is 2.67 bits per heavy atom. The topological polar surface area (TPSA) is 108 Å². The number of piperidine rings is 1. The van der Waals surface area contributed by atoms with Crippen molar-refractivity contribution in [3.05, 3.63) is 17.6 Å². The maximum Gasteiger partial charge on any atom is 0.228 e. The number of aryl methyl sites for hydroxylation is 2. The second-order valence-electron chi connectivity index (χ2n) is 7.15. The van der Waals surface area contributed by atoms with Gasteiger partial charge in [-0.15, -0.1) is 0 Å². The van der Waals surface area contributed by atoms with Gasteiger partial charge in [0.15, 0.2) is 0 Å². The molecule has 27 heavy (non-hydrogen) atoms. The van der Waals surface area contributed by atoms with Crippen molar-refractivity contribution < 1.29 is 13.2 Å². The summed E-state index contributed by atoms with van der Waals surface area (Å²) in [6, 6.07) is 0. The van der Waals surface area contributed by atoms with Crippen LogP contribution in [0.5, 0.6) is 0 Å². The zero-order chi connectivity index (χ0) is 19.6. The maximum atomic E-state index is 12.7. The molecule has 3 heterocycles. The van der Waals surface area contributed by atoms with Gasteiger partial charge in [0, 0.05) is 24.7 Å². The van der Waals surface area contributed by atoms with Gasteiger partial charge in [-0.2, -0.15) is 0 Å². The molecule has 148 valence electrons. The summed E-state index contributed by atoms with van der Waals surface area (Å²) in [6.45, 7) is 6.69. The van der Waals surface area contributed by atoms with Crippen molar-refractivity contribution in [3.63, 3.8) is 0 Å². The van der Waals surface area contributed by atoms with Crippen molar-refractivity contribution >= 4 is 32.8 Å². The number of unbranched alkanes of at least 4 members (excludes halogenated alkanes) is 1. The van der Waals surface area contributed by atoms with Crippen LogP contribution < -0.4 is 5.32 Å². The Hall–Kier alpha value is -2.00. The molecule has 1 saturated heterocycles. The van der Waals surface area contributed by atoms with Gasteiger partial charge < -0.3 is 10.3 Å². The Labute approximate surface area is 159 Å². The lowest BCUT2D eigenvalue weighted by atomic mass is 9.97. The third kappa shape index (κ3) is 4.14. The molecule has 0 bridgehead atoms. The lowest BCUT2D eigenvalue weighted by molar-refractivity contribution is -0.120. The quantitative estimate of drug-likeness (QED) is 0.783. The van der Waals surface area contributed by atoms with Crippen LogP contribution in [0, 0.1) is 19.8 Å². The van der Waals surface area contributed by atoms with E-state index in [4.69, 9.17) is 0 Å². The molecular weight excluding hydrogens is 366 g/mol. The number of carbonyl (C=O) groups is 1. The molecule has 2 aromatic rings. The number of hydrogen-bond donors (Lipinski definition) is 2. The van der Waals surface area contributed by atoms with Gasteiger partial charge in [0.2, 0.25) is 15.9 Å². The van der Waals surface area contributed by atoms with Gasteiger partial charge in [0.05, 0.1) is 11.1 Å². The number of anilines is 1. The number of carbonyl (C=O) groups excluding carboxylic acids is 1. The average molecular weight is 394 g/mol. The number of aromatic amines is 1. The summed E-state index contributed by atoms with van der Waals surface area (Å²) in [5.41, 5.74) is 2.71. The van der Waals surface area contributed by atoms with Crippen LogP contribution in [-0.2, 0) is 14.8 Å². The molecule has 9 heteroatoms. The zero-order valence-corrected chi connectivity index (χ0v) is 16.9. The van der Waals surface area contributed by atoms with Crippen molar-refractivity contribution in [2.45, 2.75) is 46.5 Å². The first kappa shape index (κ1) is 19.8. The van der Waals surface area contributed by atoms with Gasteiger partial charge in [-0.25, -0.2) is 22.7 Å². The van der Waals surface area contributed by atoms with Crippen molar-refractivity contribution in [2.75, 3.05) is 24.2 Å². The molecule has 1 aliphatic heterocycles. The van der Waals surface area contributed by atoms with Crippen LogP contribution >= 0.6 is 0 Å². The second-order valence-corrected chi connectivity index (χ2v) is 9.24. The molecular formula is C18H27N5O3S. The van der Waals surface area contributed by atoms with Crippen LogP contribution in [0.15, 0.2) is 6.33 Å². The number of nitrogens with one attached hydrogen (secondary N) is 2. The van der Waals surface area contributed by atoms with Crippen LogP contribution in [-0.4, -0.2) is 52.4 Å². The third-order valence-electron chi connectivity index (χ3n) is 5.31. The van der Waals surface area contributed by atoms with Crippen LogP contribution in [0.2, 0.25) is 0 Å². The fourth-order valence-electron chi connectivity index (χ4n) is 3.46. The molecule has 1 aliphatic rings. The second kappa shape index (κ2) is 7.93. The van der Waals surface area contributed by atoms with Gasteiger partial charge in [-0.1, -0.05) is 13.3 Å². The minimum absolute atomic E-state index is 0.112. The van der Waals surface area contributed by atoms with E-state index in [-0.39, 0.29) is 17.6 Å². The summed E-state index contributed by atoms with van der Waals surface area (Å²) < 4.78 is 26.1. The minimum atomic E-state index is -3.21. The first-order valence-electron chi connectivity index (χ1n) is 9.42. The van der Waals surface area contributed by atoms with Crippen LogP contribution in [0.3, 0.4) is 0 Å². The predicted molar refractivity (Wildman–Crippen MR) is 105 cm³/mol. The van der Waals surface area contributed by atoms with Crippen LogP contribution in [0.25, 0.3) is 11.0 Å². The number of nitrogens with zero attached hydrogens (tertiary/aromatic N) is 3. The van der Waals surface area contributed by atoms with Gasteiger partial charge in [-0.3, -0.25) is 4.79 Å². The lowest BCUT2D eigenvalue weighted by Crippen LogP contribution is -2.42. The Balaban J connectivity index is 1.66. The first-order valence-corrected chi connectivity index (χ1v) is 11.0. The highest BCUT2D eigenvalue weighted by atomic mass is 32.2. The number of hydrogen-bond acceptors (Lipinski definition) is 5. The molecule has 3 rings (SSSR count). The molecule has 0 unspecified atom stereocenters. The van der Waals surface area contributed by atoms with Gasteiger partial charge in [0.1, 0.15) is 17.8 Å². The van der Waals surface area contributed by atoms with Crippen LogP contribution in [0.1, 0.15) is 43.9 Å². The van der Waals surface area contributed by atoms with Crippen molar-refractivity contribution in [1.29, 1.82) is 0 Å². The fraction of sp³-hybridized carbons (Fsp3) is 0.611. The number of fused-ring (bicyclic) bond motifs is 1. The Morgan fingerprint density at radius 1 is 1.30 bits per heavy atom. The number of amides is 1. The average Bonchev–Trinajstić information content (AvgIpc) is 2.95. The Kier molecular flexibility index (Phi) is 5.81. The number of H-pyrrole nitrogens is 1. The van der Waals surface area contributed by atoms with Crippen LogP contribution in [0.4, 0.5) is 5.82 Å². The summed E-state index contributed by atoms with van der Waals surface area (Å²) in [7, 11) is -3.21. The summed E-state index contributed by atoms with van der Waals surface area (Å²) >= 11 is 0. The number of sulfonamides is 1. The molecule has 8 nitrogen and oxygen atoms in total. The molecule has 1 amide bonds. The van der Waals surface area contributed by atoms with E-state index in [9.17, 15) is 13.2 Å². The van der Waals surface area contributed by atoms with E-state index in [0.717, 1.165) is 23.1 Å². The predicted octanol–water partition coefficient (Wildman–Crippen LogP) is 2.36. The molecule has 0 radical (unpaired) electrons. The maximum absolute atomic E-state index is 12.7. The van der Waals surface area contributed by atoms with E-state index in [1.807, 2.05) is 20.8 Å². The zero-order valence-electron chi connectivity index (χ0n) is 16.1. The third-order valence-corrected chi connectivity index (χ3v) is 7.26. The SMILES string of the molecule is CCCCS(=O)(=O)N1CCC(C(=O)Nc2ncnc3[nH]c(C)c(C)c23)CC1. The van der Waals surface area contributed by atoms with E-state index < -0.39 is 10.0 Å². The highest BCUT2D eigenvalue weighted by Gasteiger charge is 2.31. The summed E-state index contributed by atoms with van der Waals surface area (Å²) in [5, 5.41) is 3.74. The fourth-order valence-corrected chi connectivity index (χ4v) is 5.14. The van der Waals surface area contributed by atoms with Gasteiger partial charge in [-0.05, 0) is 38.7 Å². The molecule has 0 spiro atoms. The smallest absolute Gasteiger partial charge is 0.228 e. The molecule has 0 atom stereocenters. The Bertz CT molecular complexity index is 930. The van der Waals surface area contributed by atoms with E-state index in [2.05, 4.69) is 20.3 Å². The van der Waals surface area contributed by atoms with Crippen molar-refractivity contribution in [3.8, 4) is 0 Å². The molecule has 2 N–H and O–H groups in total. The molecule has 1 fully saturated rings. The summed E-state index contributed by atoms with van der Waals surface area (Å²) in [5.74, 6) is 0.363. The Morgan fingerprint density at radius 2 is 2.00 bits per heavy atom. The van der Waals surface area contributed by atoms with Gasteiger partial charge in [0.25, 0.3) is 0 Å². The van der Waals surface area contributed by atoms with E-state index in [0.29, 0.717) is 43.8 Å². The highest BCUT2D eigenvalue weighted by Crippen LogP contribution is 2.27. The lowest BCUT2D eigenvalue weighted by Gasteiger charge is -2.30. The molecule has 0 aromatic carbocycles. The highest BCUT2D eigenvalue weighted by molar-refractivity contribution is 7.89. The van der Waals surface area contributed by atoms with E-state index in [1.165, 1.54) is 10.6 Å². The van der Waals surface area contributed by atoms with Crippen molar-refractivity contribution in [2.24, 2.45) is 5.92 Å². The van der Waals surface area contributed by atoms with E-state index >= 15 is 0 Å². The largest absolute Gasteiger partial charge is 0.343 e. The van der Waals surface area contributed by atoms with E-state index in [1.54, 1.807) is 0 Å². The minimum Gasteiger partial charge on any atom is -0.343 e.